The summed E-state index contributed by atoms with van der Waals surface area (Å²) in [6.07, 6.45) is 3.84. The number of thioether (sulfide) groups is 3. The molecule has 3 amide bonds. The quantitative estimate of drug-likeness (QED) is 0.0297. The van der Waals surface area contributed by atoms with Gasteiger partial charge in [-0.15, -0.1) is 0 Å². The lowest BCUT2D eigenvalue weighted by Gasteiger charge is -2.28. The second-order valence-electron chi connectivity index (χ2n) is 25.2. The molecular formula is C86H72F3N3O12S3. The molecule has 0 saturated carbocycles. The average molecular weight is 1490 g/mol. The Morgan fingerprint density at radius 2 is 0.850 bits per heavy atom. The monoisotopic (exact) mass is 1490 g/mol. The van der Waals surface area contributed by atoms with Crippen LogP contribution in [0.4, 0.5) is 44.6 Å². The second-order valence-corrected chi connectivity index (χ2v) is 28.7. The summed E-state index contributed by atoms with van der Waals surface area (Å²) in [5, 5.41) is 49.5. The molecule has 3 saturated heterocycles. The van der Waals surface area contributed by atoms with Gasteiger partial charge in [0.15, 0.2) is 11.6 Å². The number of Topliss-reactive ketones (excluding diaryl/α,β-unsaturated/α-hetero) is 1. The summed E-state index contributed by atoms with van der Waals surface area (Å²) in [7, 11) is 0. The standard InChI is InChI=1S/C38H30FNO4S.C24H22FNO4S.C24H20FNO4S/c39-30-18-16-29(17-19-30)34(41)22-23-36-37(40(38(42)45-36)31-14-8-3-9-15-31)33-21-20-32(43-25-27-10-4-1-5-11-27)24-35(33)44-26-28-12-6-2-7-13-28;2*25-16-8-6-15(7-9-16)20(28)12-13-22-23(19-11-10-18(27)14-21(19)29)26(24(30)31-22)17-4-2-1-3-5-17/h1-24,36-37H,25-26H2;1-11,14,20,22-23,27-29H,12-13H2;1-11,14,22-23,27,29H,12-13H2/b23-22+;;/t36-,37-;20-,22+,23+;22-,23-/m101/s1. The third-order valence-electron chi connectivity index (χ3n) is 18.1. The van der Waals surface area contributed by atoms with E-state index in [0.29, 0.717) is 83.2 Å². The summed E-state index contributed by atoms with van der Waals surface area (Å²) in [6.45, 7) is 0.710. The first-order valence-electron chi connectivity index (χ1n) is 34.3. The van der Waals surface area contributed by atoms with Gasteiger partial charge in [-0.1, -0.05) is 169 Å². The zero-order chi connectivity index (χ0) is 74.9. The van der Waals surface area contributed by atoms with Gasteiger partial charge in [0, 0.05) is 80.0 Å². The van der Waals surface area contributed by atoms with E-state index < -0.39 is 41.1 Å². The number of phenols is 4. The van der Waals surface area contributed by atoms with Crippen molar-refractivity contribution in [2.45, 2.75) is 78.9 Å². The Kier molecular flexibility index (Phi) is 25.0. The first-order valence-corrected chi connectivity index (χ1v) is 36.9. The molecule has 11 aromatic carbocycles. The summed E-state index contributed by atoms with van der Waals surface area (Å²) in [5.41, 5.74) is 7.37. The molecule has 0 unspecified atom stereocenters. The second kappa shape index (κ2) is 35.5. The number of carbonyl (C=O) groups is 5. The van der Waals surface area contributed by atoms with Crippen LogP contribution in [-0.2, 0) is 13.2 Å². The number of rotatable bonds is 23. The molecule has 107 heavy (non-hydrogen) atoms. The van der Waals surface area contributed by atoms with Gasteiger partial charge in [0.25, 0.3) is 15.7 Å². The Bertz CT molecular complexity index is 4910. The molecular weight excluding hydrogens is 1420 g/mol. The number of hydrogen-bond donors (Lipinski definition) is 5. The highest BCUT2D eigenvalue weighted by molar-refractivity contribution is 8.15. The molecule has 7 atom stereocenters. The minimum atomic E-state index is -0.795. The fourth-order valence-electron chi connectivity index (χ4n) is 12.8. The number of allylic oxidation sites excluding steroid dienone is 1. The van der Waals surface area contributed by atoms with Gasteiger partial charge >= 0.3 is 0 Å². The third-order valence-corrected chi connectivity index (χ3v) is 21.6. The normalized spacial score (nSPS) is 17.8. The molecule has 3 fully saturated rings. The zero-order valence-corrected chi connectivity index (χ0v) is 59.7. The molecule has 21 heteroatoms. The predicted molar refractivity (Wildman–Crippen MR) is 413 cm³/mol. The van der Waals surface area contributed by atoms with Crippen LogP contribution in [0, 0.1) is 17.5 Å². The van der Waals surface area contributed by atoms with Gasteiger partial charge in [0.2, 0.25) is 0 Å². The van der Waals surface area contributed by atoms with Gasteiger partial charge in [-0.2, -0.15) is 0 Å². The van der Waals surface area contributed by atoms with Crippen molar-refractivity contribution in [2.75, 3.05) is 14.7 Å². The number of phenolic OH excluding ortho intramolecular Hbond substituents is 4. The first-order chi connectivity index (χ1) is 51.9. The van der Waals surface area contributed by atoms with Crippen molar-refractivity contribution in [3.8, 4) is 34.5 Å². The van der Waals surface area contributed by atoms with Crippen molar-refractivity contribution in [1.82, 2.24) is 0 Å². The molecule has 3 aliphatic heterocycles. The highest BCUT2D eigenvalue weighted by atomic mass is 32.2. The number of hydrogen-bond acceptors (Lipinski definition) is 15. The van der Waals surface area contributed by atoms with Crippen LogP contribution in [0.25, 0.3) is 0 Å². The highest BCUT2D eigenvalue weighted by Crippen LogP contribution is 2.52. The van der Waals surface area contributed by atoms with Gasteiger partial charge < -0.3 is 35.0 Å². The van der Waals surface area contributed by atoms with Crippen molar-refractivity contribution in [2.24, 2.45) is 0 Å². The molecule has 0 aromatic heterocycles. The molecule has 542 valence electrons. The maximum atomic E-state index is 13.6. The molecule has 0 spiro atoms. The van der Waals surface area contributed by atoms with Crippen LogP contribution in [0.5, 0.6) is 34.5 Å². The molecule has 0 aliphatic carbocycles. The fraction of sp³-hybridized carbons (Fsp3) is 0.151. The topological polar surface area (TPSA) is 215 Å². The molecule has 0 radical (unpaired) electrons. The summed E-state index contributed by atoms with van der Waals surface area (Å²) < 4.78 is 52.3. The van der Waals surface area contributed by atoms with Gasteiger partial charge in [0.05, 0.1) is 29.5 Å². The van der Waals surface area contributed by atoms with Gasteiger partial charge in [0.1, 0.15) is 65.2 Å². The van der Waals surface area contributed by atoms with E-state index in [4.69, 9.17) is 9.47 Å². The summed E-state index contributed by atoms with van der Waals surface area (Å²) in [4.78, 5) is 70.1. The highest BCUT2D eigenvalue weighted by Gasteiger charge is 2.46. The third kappa shape index (κ3) is 19.0. The molecule has 15 nitrogen and oxygen atoms in total. The van der Waals surface area contributed by atoms with Crippen LogP contribution in [0.3, 0.4) is 0 Å². The average Bonchev–Trinajstić information content (AvgIpc) is 1.65. The van der Waals surface area contributed by atoms with E-state index in [-0.39, 0.29) is 73.0 Å². The zero-order valence-electron chi connectivity index (χ0n) is 57.3. The molecule has 11 aromatic rings. The lowest BCUT2D eigenvalue weighted by atomic mass is 9.95. The Morgan fingerprint density at radius 1 is 0.439 bits per heavy atom. The van der Waals surface area contributed by atoms with Crippen LogP contribution in [-0.4, -0.2) is 68.6 Å². The lowest BCUT2D eigenvalue weighted by molar-refractivity contribution is 0.0978. The Labute approximate surface area is 629 Å². The molecule has 3 heterocycles. The van der Waals surface area contributed by atoms with Crippen molar-refractivity contribution in [1.29, 1.82) is 0 Å². The Morgan fingerprint density at radius 3 is 1.33 bits per heavy atom. The van der Waals surface area contributed by atoms with Gasteiger partial charge in [-0.3, -0.25) is 38.7 Å². The van der Waals surface area contributed by atoms with E-state index in [1.54, 1.807) is 45.0 Å². The van der Waals surface area contributed by atoms with Crippen LogP contribution >= 0.6 is 35.3 Å². The fourth-order valence-corrected chi connectivity index (χ4v) is 16.4. The van der Waals surface area contributed by atoms with Crippen LogP contribution in [0.2, 0.25) is 0 Å². The molecule has 5 N–H and O–H groups in total. The summed E-state index contributed by atoms with van der Waals surface area (Å²) in [6, 6.07) is 77.0. The van der Waals surface area contributed by atoms with E-state index in [1.807, 2.05) is 170 Å². The molecule has 0 bridgehead atoms. The number of aliphatic hydroxyl groups is 1. The summed E-state index contributed by atoms with van der Waals surface area (Å²) >= 11 is 3.44. The predicted octanol–water partition coefficient (Wildman–Crippen LogP) is 20.4. The van der Waals surface area contributed by atoms with Crippen molar-refractivity contribution in [3.63, 3.8) is 0 Å². The Hall–Kier alpha value is -11.5. The van der Waals surface area contributed by atoms with Crippen molar-refractivity contribution >= 4 is 79.6 Å². The van der Waals surface area contributed by atoms with E-state index in [1.165, 1.54) is 103 Å². The number of para-hydroxylation sites is 3. The number of benzene rings is 11. The van der Waals surface area contributed by atoms with E-state index in [2.05, 4.69) is 0 Å². The van der Waals surface area contributed by atoms with E-state index >= 15 is 0 Å². The number of carbonyl (C=O) groups excluding carboxylic acids is 5. The SMILES string of the molecule is O=C(/C=C/[C@H]1SC(=O)N(c2ccccc2)[C@@H]1c1ccc(OCc2ccccc2)cc1OCc1ccccc1)c1ccc(F)cc1.O=C(CC[C@H]1SC(=O)N(c2ccccc2)[C@@H]1c1ccc(O)cc1O)c1ccc(F)cc1.O=C1S[C@H](CC[C@H](O)c2ccc(F)cc2)[C@@H](c2ccc(O)cc2O)N1c1ccccc1. The Balaban J connectivity index is 0.000000154. The first kappa shape index (κ1) is 75.2. The smallest absolute Gasteiger partial charge is 0.287 e. The number of ether oxygens (including phenoxy) is 2. The van der Waals surface area contributed by atoms with Crippen LogP contribution in [0.1, 0.15) is 104 Å². The number of amides is 3. The van der Waals surface area contributed by atoms with Crippen molar-refractivity contribution < 1.29 is 72.2 Å². The number of ketones is 2. The largest absolute Gasteiger partial charge is 0.508 e. The number of aromatic hydroxyl groups is 4. The van der Waals surface area contributed by atoms with Gasteiger partial charge in [-0.25, -0.2) is 13.2 Å². The van der Waals surface area contributed by atoms with Crippen LogP contribution in [0.15, 0.2) is 291 Å². The number of halogens is 3. The van der Waals surface area contributed by atoms with E-state index in [9.17, 15) is 62.7 Å². The summed E-state index contributed by atoms with van der Waals surface area (Å²) in [5.74, 6) is -0.734. The van der Waals surface area contributed by atoms with E-state index in [0.717, 1.165) is 45.9 Å². The lowest BCUT2D eigenvalue weighted by Crippen LogP contribution is -2.29. The maximum Gasteiger partial charge on any atom is 0.287 e. The van der Waals surface area contributed by atoms with Crippen molar-refractivity contribution in [3.05, 3.63) is 353 Å². The molecule has 14 rings (SSSR count). The van der Waals surface area contributed by atoms with Crippen LogP contribution < -0.4 is 24.2 Å². The maximum absolute atomic E-state index is 13.6. The number of nitrogens with zero attached hydrogens (tertiary/aromatic N) is 3. The van der Waals surface area contributed by atoms with Gasteiger partial charge in [-0.05, 0) is 175 Å². The number of anilines is 3. The minimum Gasteiger partial charge on any atom is -0.508 e. The number of aliphatic hydroxyl groups excluding tert-OH is 1. The molecule has 3 aliphatic rings. The minimum absolute atomic E-state index is 0.0623.